The Kier molecular flexibility index (Phi) is 5.33. The van der Waals surface area contributed by atoms with Gasteiger partial charge in [0.2, 0.25) is 11.8 Å². The van der Waals surface area contributed by atoms with Crippen molar-refractivity contribution in [2.75, 3.05) is 26.2 Å². The van der Waals surface area contributed by atoms with Crippen LogP contribution in [0.15, 0.2) is 18.2 Å². The van der Waals surface area contributed by atoms with Crippen LogP contribution in [-0.2, 0) is 22.7 Å². The van der Waals surface area contributed by atoms with E-state index in [0.29, 0.717) is 18.5 Å². The molecule has 2 N–H and O–H groups in total. The van der Waals surface area contributed by atoms with Crippen LogP contribution in [-0.4, -0.2) is 59.7 Å². The van der Waals surface area contributed by atoms with E-state index in [4.69, 9.17) is 0 Å². The maximum atomic E-state index is 13.0. The van der Waals surface area contributed by atoms with E-state index >= 15 is 0 Å². The predicted molar refractivity (Wildman–Crippen MR) is 111 cm³/mol. The molecule has 0 aliphatic carbocycles. The molecule has 1 aromatic carbocycles. The van der Waals surface area contributed by atoms with Gasteiger partial charge in [0.15, 0.2) is 0 Å². The van der Waals surface area contributed by atoms with Crippen molar-refractivity contribution < 1.29 is 14.4 Å². The Morgan fingerprint density at radius 2 is 1.80 bits per heavy atom. The lowest BCUT2D eigenvalue weighted by molar-refractivity contribution is -0.136. The van der Waals surface area contributed by atoms with E-state index in [9.17, 15) is 14.4 Å². The molecule has 1 atom stereocenters. The number of fused-ring (bicyclic) bond motifs is 1. The van der Waals surface area contributed by atoms with Crippen molar-refractivity contribution in [1.29, 1.82) is 0 Å². The van der Waals surface area contributed by atoms with Gasteiger partial charge in [-0.25, -0.2) is 0 Å². The number of nitrogens with one attached hydrogen (secondary N) is 2. The summed E-state index contributed by atoms with van der Waals surface area (Å²) in [5.74, 6) is 1.05. The summed E-state index contributed by atoms with van der Waals surface area (Å²) in [6.45, 7) is 5.95. The highest BCUT2D eigenvalue weighted by Gasteiger charge is 2.39. The molecular weight excluding hydrogens is 380 g/mol. The Labute approximate surface area is 177 Å². The summed E-state index contributed by atoms with van der Waals surface area (Å²) in [6.07, 6.45) is 4.59. The fraction of sp³-hybridized carbons (Fsp3) is 0.609. The minimum Gasteiger partial charge on any atom is -0.322 e. The second-order valence-electron chi connectivity index (χ2n) is 9.37. The molecule has 160 valence electrons. The molecule has 0 spiro atoms. The van der Waals surface area contributed by atoms with E-state index < -0.39 is 6.04 Å². The van der Waals surface area contributed by atoms with Crippen molar-refractivity contribution in [1.82, 2.24) is 20.4 Å². The van der Waals surface area contributed by atoms with Gasteiger partial charge in [0.25, 0.3) is 5.91 Å². The molecule has 4 aliphatic rings. The van der Waals surface area contributed by atoms with Gasteiger partial charge in [-0.05, 0) is 80.9 Å². The molecule has 4 heterocycles. The van der Waals surface area contributed by atoms with E-state index in [1.54, 1.807) is 4.90 Å². The molecule has 5 rings (SSSR count). The molecule has 4 aliphatic heterocycles. The largest absolute Gasteiger partial charge is 0.322 e. The summed E-state index contributed by atoms with van der Waals surface area (Å²) in [7, 11) is 0. The number of piperidine rings is 2. The summed E-state index contributed by atoms with van der Waals surface area (Å²) in [4.78, 5) is 40.7. The van der Waals surface area contributed by atoms with Crippen LogP contribution >= 0.6 is 0 Å². The van der Waals surface area contributed by atoms with E-state index in [1.165, 1.54) is 32.4 Å². The first-order valence-electron chi connectivity index (χ1n) is 11.3. The maximum absolute atomic E-state index is 13.0. The second kappa shape index (κ2) is 8.12. The minimum atomic E-state index is -0.545. The van der Waals surface area contributed by atoms with Gasteiger partial charge < -0.3 is 10.2 Å². The lowest BCUT2D eigenvalue weighted by Crippen LogP contribution is -2.52. The molecule has 1 aromatic rings. The number of likely N-dealkylation sites (tertiary alicyclic amines) is 1. The SMILES string of the molecule is O=C1CCC(N2Cc3ccc(CN4CCC(CC5CNC5)CC4)cc3C2=O)C(=O)N1. The number of rotatable bonds is 5. The maximum Gasteiger partial charge on any atom is 0.255 e. The monoisotopic (exact) mass is 410 g/mol. The van der Waals surface area contributed by atoms with Crippen LogP contribution in [0.4, 0.5) is 0 Å². The Balaban J connectivity index is 1.19. The van der Waals surface area contributed by atoms with Gasteiger partial charge in [0, 0.05) is 25.1 Å². The third kappa shape index (κ3) is 3.88. The average molecular weight is 411 g/mol. The van der Waals surface area contributed by atoms with E-state index in [0.717, 1.165) is 42.6 Å². The van der Waals surface area contributed by atoms with Gasteiger partial charge in [-0.3, -0.25) is 24.6 Å². The molecule has 3 saturated heterocycles. The number of hydrogen-bond acceptors (Lipinski definition) is 5. The third-order valence-corrected chi connectivity index (χ3v) is 7.24. The summed E-state index contributed by atoms with van der Waals surface area (Å²) >= 11 is 0. The normalized spacial score (nSPS) is 25.9. The van der Waals surface area contributed by atoms with Gasteiger partial charge >= 0.3 is 0 Å². The highest BCUT2D eigenvalue weighted by atomic mass is 16.2. The number of carbonyl (C=O) groups excluding carboxylic acids is 3. The van der Waals surface area contributed by atoms with Crippen molar-refractivity contribution >= 4 is 17.7 Å². The topological polar surface area (TPSA) is 81.8 Å². The number of nitrogens with zero attached hydrogens (tertiary/aromatic N) is 2. The standard InChI is InChI=1S/C23H30N4O3/c28-21-4-3-20(22(29)25-21)27-14-18-2-1-16(10-19(18)23(27)30)13-26-7-5-15(6-8-26)9-17-11-24-12-17/h1-2,10,15,17,20,24H,3-9,11-14H2,(H,25,28,29). The lowest BCUT2D eigenvalue weighted by Gasteiger charge is -2.36. The minimum absolute atomic E-state index is 0.0887. The number of hydrogen-bond donors (Lipinski definition) is 2. The average Bonchev–Trinajstić information content (AvgIpc) is 3.02. The Hall–Kier alpha value is -2.25. The fourth-order valence-corrected chi connectivity index (χ4v) is 5.33. The molecule has 3 fully saturated rings. The quantitative estimate of drug-likeness (QED) is 0.715. The smallest absolute Gasteiger partial charge is 0.255 e. The molecule has 30 heavy (non-hydrogen) atoms. The highest BCUT2D eigenvalue weighted by molar-refractivity contribution is 6.05. The van der Waals surface area contributed by atoms with Gasteiger partial charge in [-0.1, -0.05) is 12.1 Å². The molecule has 0 saturated carbocycles. The number of imide groups is 1. The Bertz CT molecular complexity index is 858. The summed E-state index contributed by atoms with van der Waals surface area (Å²) in [5.41, 5.74) is 2.85. The van der Waals surface area contributed by atoms with Crippen molar-refractivity contribution in [2.24, 2.45) is 11.8 Å². The van der Waals surface area contributed by atoms with Gasteiger partial charge in [0.1, 0.15) is 6.04 Å². The number of benzene rings is 1. The molecule has 7 heteroatoms. The molecule has 3 amide bonds. The number of amides is 3. The van der Waals surface area contributed by atoms with Crippen LogP contribution < -0.4 is 10.6 Å². The highest BCUT2D eigenvalue weighted by Crippen LogP contribution is 2.30. The van der Waals surface area contributed by atoms with Crippen LogP contribution in [0, 0.1) is 11.8 Å². The molecule has 0 aromatic heterocycles. The first-order chi connectivity index (χ1) is 14.6. The zero-order valence-corrected chi connectivity index (χ0v) is 17.4. The van der Waals surface area contributed by atoms with Crippen LogP contribution in [0.2, 0.25) is 0 Å². The van der Waals surface area contributed by atoms with Crippen LogP contribution in [0.1, 0.15) is 53.6 Å². The first kappa shape index (κ1) is 19.7. The van der Waals surface area contributed by atoms with E-state index in [-0.39, 0.29) is 24.1 Å². The van der Waals surface area contributed by atoms with E-state index in [2.05, 4.69) is 21.6 Å². The molecular formula is C23H30N4O3. The van der Waals surface area contributed by atoms with Crippen LogP contribution in [0.25, 0.3) is 0 Å². The van der Waals surface area contributed by atoms with Gasteiger partial charge in [-0.2, -0.15) is 0 Å². The predicted octanol–water partition coefficient (Wildman–Crippen LogP) is 1.27. The summed E-state index contributed by atoms with van der Waals surface area (Å²) < 4.78 is 0. The molecule has 7 nitrogen and oxygen atoms in total. The van der Waals surface area contributed by atoms with Crippen LogP contribution in [0.5, 0.6) is 0 Å². The van der Waals surface area contributed by atoms with Crippen molar-refractivity contribution in [3.8, 4) is 0 Å². The van der Waals surface area contributed by atoms with Crippen molar-refractivity contribution in [2.45, 2.75) is 51.2 Å². The van der Waals surface area contributed by atoms with Crippen LogP contribution in [0.3, 0.4) is 0 Å². The first-order valence-corrected chi connectivity index (χ1v) is 11.3. The van der Waals surface area contributed by atoms with Crippen molar-refractivity contribution in [3.05, 3.63) is 34.9 Å². The second-order valence-corrected chi connectivity index (χ2v) is 9.37. The van der Waals surface area contributed by atoms with Gasteiger partial charge in [-0.15, -0.1) is 0 Å². The third-order valence-electron chi connectivity index (χ3n) is 7.24. The number of carbonyl (C=O) groups is 3. The zero-order valence-electron chi connectivity index (χ0n) is 17.4. The Morgan fingerprint density at radius 1 is 1.00 bits per heavy atom. The lowest BCUT2D eigenvalue weighted by atomic mass is 9.84. The van der Waals surface area contributed by atoms with Crippen molar-refractivity contribution in [3.63, 3.8) is 0 Å². The Morgan fingerprint density at radius 3 is 2.50 bits per heavy atom. The fourth-order valence-electron chi connectivity index (χ4n) is 5.33. The zero-order chi connectivity index (χ0) is 20.7. The van der Waals surface area contributed by atoms with E-state index in [1.807, 2.05) is 12.1 Å². The van der Waals surface area contributed by atoms with Gasteiger partial charge in [0.05, 0.1) is 0 Å². The molecule has 0 radical (unpaired) electrons. The summed E-state index contributed by atoms with van der Waals surface area (Å²) in [5, 5.41) is 5.73. The summed E-state index contributed by atoms with van der Waals surface area (Å²) in [6, 6.07) is 5.61. The molecule has 0 bridgehead atoms. The molecule has 1 unspecified atom stereocenters.